The number of carbonyl (C=O) groups excluding carboxylic acids is 1. The highest BCUT2D eigenvalue weighted by atomic mass is 16.1. The van der Waals surface area contributed by atoms with E-state index in [0.717, 1.165) is 55.2 Å². The fraction of sp³-hybridized carbons (Fsp3) is 0.522. The van der Waals surface area contributed by atoms with Crippen LogP contribution in [0.2, 0.25) is 0 Å². The van der Waals surface area contributed by atoms with Gasteiger partial charge in [-0.15, -0.1) is 0 Å². The van der Waals surface area contributed by atoms with Gasteiger partial charge in [0.2, 0.25) is 5.91 Å². The summed E-state index contributed by atoms with van der Waals surface area (Å²) in [4.78, 5) is 23.5. The van der Waals surface area contributed by atoms with Crippen molar-refractivity contribution in [3.63, 3.8) is 0 Å². The van der Waals surface area contributed by atoms with Crippen LogP contribution >= 0.6 is 0 Å². The molecular formula is C23H31N5O. The molecule has 6 heteroatoms. The monoisotopic (exact) mass is 393 g/mol. The van der Waals surface area contributed by atoms with Gasteiger partial charge in [-0.25, -0.2) is 9.97 Å². The third-order valence-electron chi connectivity index (χ3n) is 5.96. The summed E-state index contributed by atoms with van der Waals surface area (Å²) in [6, 6.07) is 8.80. The summed E-state index contributed by atoms with van der Waals surface area (Å²) in [5, 5.41) is 6.51. The summed E-state index contributed by atoms with van der Waals surface area (Å²) in [6.07, 6.45) is 7.87. The van der Waals surface area contributed by atoms with Gasteiger partial charge in [0.1, 0.15) is 18.0 Å². The predicted molar refractivity (Wildman–Crippen MR) is 117 cm³/mol. The lowest BCUT2D eigenvalue weighted by Crippen LogP contribution is -2.34. The second kappa shape index (κ2) is 8.80. The van der Waals surface area contributed by atoms with Crippen LogP contribution in [0.3, 0.4) is 0 Å². The number of piperidine rings is 1. The van der Waals surface area contributed by atoms with Gasteiger partial charge in [0.25, 0.3) is 0 Å². The van der Waals surface area contributed by atoms with E-state index in [4.69, 9.17) is 0 Å². The van der Waals surface area contributed by atoms with E-state index in [0.29, 0.717) is 18.4 Å². The minimum absolute atomic E-state index is 0.117. The first-order valence-electron chi connectivity index (χ1n) is 10.8. The molecule has 154 valence electrons. The number of hydrogen-bond donors (Lipinski definition) is 2. The zero-order valence-corrected chi connectivity index (χ0v) is 17.4. The Morgan fingerprint density at radius 3 is 2.62 bits per heavy atom. The number of rotatable bonds is 7. The van der Waals surface area contributed by atoms with E-state index in [1.54, 1.807) is 6.33 Å². The van der Waals surface area contributed by atoms with E-state index in [1.807, 2.05) is 19.1 Å². The van der Waals surface area contributed by atoms with Crippen molar-refractivity contribution < 1.29 is 4.79 Å². The van der Waals surface area contributed by atoms with E-state index < -0.39 is 0 Å². The van der Waals surface area contributed by atoms with E-state index in [-0.39, 0.29) is 5.91 Å². The summed E-state index contributed by atoms with van der Waals surface area (Å²) < 4.78 is 0. The molecule has 0 unspecified atom stereocenters. The molecule has 1 amide bonds. The van der Waals surface area contributed by atoms with Crippen LogP contribution in [0.1, 0.15) is 49.7 Å². The number of carbonyl (C=O) groups is 1. The third-order valence-corrected chi connectivity index (χ3v) is 5.96. The van der Waals surface area contributed by atoms with Crippen LogP contribution in [0.25, 0.3) is 0 Å². The maximum atomic E-state index is 12.4. The van der Waals surface area contributed by atoms with Crippen molar-refractivity contribution in [2.75, 3.05) is 28.6 Å². The standard InChI is InChI=1S/C23H31N5O/c1-16-3-7-20(17(2)13-16)27-23(29)8-4-18-9-11-28(12-10-18)22-14-21(24-15-25-22)26-19-5-6-19/h3,7,13-15,18-19H,4-6,8-12H2,1-2H3,(H,27,29)(H,24,25,26). The fourth-order valence-corrected chi connectivity index (χ4v) is 3.99. The van der Waals surface area contributed by atoms with Gasteiger partial charge in [-0.3, -0.25) is 4.79 Å². The first kappa shape index (κ1) is 19.7. The lowest BCUT2D eigenvalue weighted by atomic mass is 9.92. The minimum atomic E-state index is 0.117. The van der Waals surface area contributed by atoms with Crippen LogP contribution in [0.15, 0.2) is 30.6 Å². The first-order valence-corrected chi connectivity index (χ1v) is 10.8. The number of nitrogens with zero attached hydrogens (tertiary/aromatic N) is 3. The third kappa shape index (κ3) is 5.46. The summed E-state index contributed by atoms with van der Waals surface area (Å²) in [7, 11) is 0. The van der Waals surface area contributed by atoms with Crippen molar-refractivity contribution in [2.45, 2.75) is 58.4 Å². The van der Waals surface area contributed by atoms with Crippen molar-refractivity contribution in [1.29, 1.82) is 0 Å². The Bertz CT molecular complexity index is 856. The molecule has 1 aromatic heterocycles. The number of anilines is 3. The van der Waals surface area contributed by atoms with E-state index >= 15 is 0 Å². The van der Waals surface area contributed by atoms with Gasteiger partial charge in [-0.2, -0.15) is 0 Å². The molecule has 2 aliphatic rings. The van der Waals surface area contributed by atoms with Crippen LogP contribution in [0, 0.1) is 19.8 Å². The Kier molecular flexibility index (Phi) is 5.97. The number of benzene rings is 1. The van der Waals surface area contributed by atoms with Crippen molar-refractivity contribution >= 4 is 23.2 Å². The molecule has 1 saturated carbocycles. The number of aryl methyl sites for hydroxylation is 2. The van der Waals surface area contributed by atoms with Crippen LogP contribution < -0.4 is 15.5 Å². The molecule has 2 aromatic rings. The van der Waals surface area contributed by atoms with Crippen LogP contribution in [-0.2, 0) is 4.79 Å². The molecule has 2 fully saturated rings. The van der Waals surface area contributed by atoms with Gasteiger partial charge in [0.15, 0.2) is 0 Å². The van der Waals surface area contributed by atoms with Gasteiger partial charge < -0.3 is 15.5 Å². The van der Waals surface area contributed by atoms with Gasteiger partial charge in [0.05, 0.1) is 0 Å². The maximum absolute atomic E-state index is 12.4. The zero-order chi connectivity index (χ0) is 20.2. The van der Waals surface area contributed by atoms with E-state index in [2.05, 4.69) is 44.6 Å². The molecule has 0 atom stereocenters. The Hall–Kier alpha value is -2.63. The van der Waals surface area contributed by atoms with E-state index in [9.17, 15) is 4.79 Å². The molecule has 2 N–H and O–H groups in total. The predicted octanol–water partition coefficient (Wildman–Crippen LogP) is 4.30. The Balaban J connectivity index is 1.22. The number of nitrogens with one attached hydrogen (secondary N) is 2. The highest BCUT2D eigenvalue weighted by Gasteiger charge is 2.23. The Morgan fingerprint density at radius 1 is 1.10 bits per heavy atom. The van der Waals surface area contributed by atoms with Gasteiger partial charge in [-0.05, 0) is 63.5 Å². The summed E-state index contributed by atoms with van der Waals surface area (Å²) in [6.45, 7) is 6.08. The van der Waals surface area contributed by atoms with Crippen LogP contribution in [-0.4, -0.2) is 35.0 Å². The highest BCUT2D eigenvalue weighted by molar-refractivity contribution is 5.91. The lowest BCUT2D eigenvalue weighted by Gasteiger charge is -2.32. The smallest absolute Gasteiger partial charge is 0.224 e. The van der Waals surface area contributed by atoms with Crippen molar-refractivity contribution in [1.82, 2.24) is 9.97 Å². The molecule has 2 heterocycles. The number of aromatic nitrogens is 2. The van der Waals surface area contributed by atoms with Crippen molar-refractivity contribution in [2.24, 2.45) is 5.92 Å². The molecule has 1 aliphatic carbocycles. The molecule has 0 bridgehead atoms. The van der Waals surface area contributed by atoms with Crippen molar-refractivity contribution in [3.05, 3.63) is 41.7 Å². The molecule has 1 aromatic carbocycles. The maximum Gasteiger partial charge on any atom is 0.224 e. The fourth-order valence-electron chi connectivity index (χ4n) is 3.99. The highest BCUT2D eigenvalue weighted by Crippen LogP contribution is 2.28. The van der Waals surface area contributed by atoms with Crippen LogP contribution in [0.5, 0.6) is 0 Å². The van der Waals surface area contributed by atoms with Crippen molar-refractivity contribution in [3.8, 4) is 0 Å². The van der Waals surface area contributed by atoms with Gasteiger partial charge >= 0.3 is 0 Å². The second-order valence-corrected chi connectivity index (χ2v) is 8.52. The first-order chi connectivity index (χ1) is 14.1. The molecule has 0 spiro atoms. The Labute approximate surface area is 173 Å². The molecule has 4 rings (SSSR count). The summed E-state index contributed by atoms with van der Waals surface area (Å²) >= 11 is 0. The summed E-state index contributed by atoms with van der Waals surface area (Å²) in [5.41, 5.74) is 3.26. The normalized spacial score (nSPS) is 17.2. The van der Waals surface area contributed by atoms with Crippen LogP contribution in [0.4, 0.5) is 17.3 Å². The quantitative estimate of drug-likeness (QED) is 0.734. The number of hydrogen-bond acceptors (Lipinski definition) is 5. The molecule has 29 heavy (non-hydrogen) atoms. The summed E-state index contributed by atoms with van der Waals surface area (Å²) in [5.74, 6) is 2.66. The molecule has 1 saturated heterocycles. The molecular weight excluding hydrogens is 362 g/mol. The van der Waals surface area contributed by atoms with E-state index in [1.165, 1.54) is 18.4 Å². The van der Waals surface area contributed by atoms with Gasteiger partial charge in [0, 0.05) is 37.3 Å². The average molecular weight is 394 g/mol. The Morgan fingerprint density at radius 2 is 1.90 bits per heavy atom. The molecule has 6 nitrogen and oxygen atoms in total. The SMILES string of the molecule is Cc1ccc(NC(=O)CCC2CCN(c3cc(NC4CC4)ncn3)CC2)c(C)c1. The number of amides is 1. The van der Waals surface area contributed by atoms with Gasteiger partial charge in [-0.1, -0.05) is 17.7 Å². The lowest BCUT2D eigenvalue weighted by molar-refractivity contribution is -0.116. The second-order valence-electron chi connectivity index (χ2n) is 8.52. The largest absolute Gasteiger partial charge is 0.367 e. The topological polar surface area (TPSA) is 70.2 Å². The molecule has 0 radical (unpaired) electrons. The molecule has 1 aliphatic heterocycles. The average Bonchev–Trinajstić information content (AvgIpc) is 3.53. The minimum Gasteiger partial charge on any atom is -0.367 e. The zero-order valence-electron chi connectivity index (χ0n) is 17.4.